The minimum absolute atomic E-state index is 0. The quantitative estimate of drug-likeness (QED) is 0.0878. The summed E-state index contributed by atoms with van der Waals surface area (Å²) in [6.07, 6.45) is 6.04. The van der Waals surface area contributed by atoms with Gasteiger partial charge in [-0.25, -0.2) is 15.0 Å². The average molecular weight is 1200 g/mol. The minimum atomic E-state index is -1.09. The predicted molar refractivity (Wildman–Crippen MR) is 351 cm³/mol. The van der Waals surface area contributed by atoms with Crippen molar-refractivity contribution in [2.24, 2.45) is 0 Å². The molecule has 7 aromatic heterocycles. The normalized spacial score (nSPS) is 11.2. The molecule has 0 radical (unpaired) electrons. The Labute approximate surface area is 517 Å². The highest BCUT2D eigenvalue weighted by Crippen LogP contribution is 2.33. The summed E-state index contributed by atoms with van der Waals surface area (Å²) in [5.41, 5.74) is 16.5. The monoisotopic (exact) mass is 1200 g/mol. The molecular weight excluding hydrogens is 1130 g/mol. The van der Waals surface area contributed by atoms with Crippen LogP contribution >= 0.6 is 11.3 Å². The molecular formula is C67H70N14O4S2. The van der Waals surface area contributed by atoms with Crippen LogP contribution in [0.3, 0.4) is 0 Å². The zero-order valence-electron chi connectivity index (χ0n) is 49.6. The van der Waals surface area contributed by atoms with Crippen LogP contribution in [0.25, 0.3) is 114 Å². The van der Waals surface area contributed by atoms with Gasteiger partial charge in [-0.05, 0) is 87.0 Å². The van der Waals surface area contributed by atoms with Gasteiger partial charge in [-0.3, -0.25) is 19.2 Å². The van der Waals surface area contributed by atoms with Crippen molar-refractivity contribution in [1.29, 1.82) is 0 Å². The first kappa shape index (κ1) is 59.8. The van der Waals surface area contributed by atoms with E-state index in [0.29, 0.717) is 69.6 Å². The highest BCUT2D eigenvalue weighted by atomic mass is 32.2. The van der Waals surface area contributed by atoms with Gasteiger partial charge in [-0.1, -0.05) is 123 Å². The topological polar surface area (TPSA) is 218 Å². The summed E-state index contributed by atoms with van der Waals surface area (Å²) in [6, 6.07) is 43.2. The van der Waals surface area contributed by atoms with Crippen LogP contribution in [0.4, 0.5) is 0 Å². The predicted octanol–water partition coefficient (Wildman–Crippen LogP) is 15.4. The van der Waals surface area contributed by atoms with E-state index in [1.807, 2.05) is 217 Å². The van der Waals surface area contributed by atoms with Gasteiger partial charge in [-0.2, -0.15) is 11.3 Å². The zero-order valence-corrected chi connectivity index (χ0v) is 51.3. The Morgan fingerprint density at radius 2 is 0.885 bits per heavy atom. The summed E-state index contributed by atoms with van der Waals surface area (Å²) >= 11 is 1.58. The molecule has 12 rings (SSSR count). The van der Waals surface area contributed by atoms with E-state index in [0.717, 1.165) is 90.0 Å². The number of aryl methyl sites for hydroxylation is 4. The molecule has 20 heteroatoms. The van der Waals surface area contributed by atoms with Gasteiger partial charge in [-0.15, -0.1) is 30.6 Å². The Balaban J connectivity index is 0.000000212. The van der Waals surface area contributed by atoms with Crippen LogP contribution in [-0.2, 0) is 10.8 Å². The first-order chi connectivity index (χ1) is 42.1. The lowest BCUT2D eigenvalue weighted by Crippen LogP contribution is -2.08. The molecule has 444 valence electrons. The average Bonchev–Trinajstić information content (AvgIpc) is 2.28. The van der Waals surface area contributed by atoms with E-state index in [1.165, 1.54) is 5.56 Å². The second kappa shape index (κ2) is 27.2. The maximum atomic E-state index is 12.6. The van der Waals surface area contributed by atoms with Gasteiger partial charge in [0.25, 0.3) is 17.7 Å². The second-order valence-corrected chi connectivity index (χ2v) is 22.8. The molecule has 0 fully saturated rings. The van der Waals surface area contributed by atoms with Crippen molar-refractivity contribution in [2.75, 3.05) is 33.9 Å². The third kappa shape index (κ3) is 14.1. The molecule has 18 nitrogen and oxygen atoms in total. The van der Waals surface area contributed by atoms with Crippen LogP contribution in [0.15, 0.2) is 194 Å². The zero-order chi connectivity index (χ0) is 61.1. The summed E-state index contributed by atoms with van der Waals surface area (Å²) in [5.74, 6) is 3.01. The van der Waals surface area contributed by atoms with Crippen LogP contribution < -0.4 is 0 Å². The number of aromatic nitrogens is 12. The Morgan fingerprint density at radius 1 is 0.483 bits per heavy atom. The number of nitrogens with zero attached hydrogens (tertiary/aromatic N) is 14. The van der Waals surface area contributed by atoms with Gasteiger partial charge in [0, 0.05) is 94.7 Å². The van der Waals surface area contributed by atoms with E-state index >= 15 is 0 Å². The summed E-state index contributed by atoms with van der Waals surface area (Å²) in [4.78, 5) is 32.4. The fourth-order valence-corrected chi connectivity index (χ4v) is 10.6. The number of hydrogen-bond donors (Lipinski definition) is 0. The van der Waals surface area contributed by atoms with Crippen molar-refractivity contribution < 1.29 is 23.2 Å². The smallest absolute Gasteiger partial charge is 0.268 e. The largest absolute Gasteiger partial charge is 0.415 e. The highest BCUT2D eigenvalue weighted by Gasteiger charge is 2.21. The molecule has 0 amide bonds. The summed E-state index contributed by atoms with van der Waals surface area (Å²) in [5, 5.41) is 28.9. The van der Waals surface area contributed by atoms with Crippen molar-refractivity contribution in [3.63, 3.8) is 0 Å². The molecule has 0 saturated heterocycles. The van der Waals surface area contributed by atoms with Gasteiger partial charge in [0.05, 0.1) is 63.6 Å². The SMILES string of the molecule is C=C(c1ccc(-c2cnc(C)c(-c3nnc(-c4ccc(C)cc4)o3)n2)cc1)N(C)C.C=C(c1ccc(-c2cnc(C)c(-c3nnc(-c4ccsc4)o3)n2)cc1)N(C)C.CCCS(=O)c1ccccc1-c1cnc(C)c(-c2nnc(-c3ccccc3)o2)n1.[HH].[HH].[HH].[HH]. The third-order valence-electron chi connectivity index (χ3n) is 13.7. The third-order valence-corrected chi connectivity index (χ3v) is 16.1. The first-order valence-electron chi connectivity index (χ1n) is 27.7. The number of benzene rings is 5. The molecule has 0 aliphatic rings. The molecule has 87 heavy (non-hydrogen) atoms. The molecule has 1 atom stereocenters. The van der Waals surface area contributed by atoms with E-state index in [-0.39, 0.29) is 5.71 Å². The fraction of sp³-hybridized carbons (Fsp3) is 0.164. The Morgan fingerprint density at radius 3 is 1.33 bits per heavy atom. The van der Waals surface area contributed by atoms with Gasteiger partial charge < -0.3 is 23.1 Å². The Hall–Kier alpha value is -10.3. The molecule has 0 aliphatic carbocycles. The van der Waals surface area contributed by atoms with Crippen molar-refractivity contribution in [3.05, 3.63) is 210 Å². The first-order valence-corrected chi connectivity index (χ1v) is 30.0. The summed E-state index contributed by atoms with van der Waals surface area (Å²) in [7, 11) is 6.81. The van der Waals surface area contributed by atoms with Crippen LogP contribution in [0.2, 0.25) is 0 Å². The van der Waals surface area contributed by atoms with Gasteiger partial charge in [0.15, 0.2) is 0 Å². The fourth-order valence-electron chi connectivity index (χ4n) is 8.69. The summed E-state index contributed by atoms with van der Waals surface area (Å²) in [6.45, 7) is 17.8. The maximum Gasteiger partial charge on any atom is 0.268 e. The van der Waals surface area contributed by atoms with Crippen molar-refractivity contribution in [3.8, 4) is 103 Å². The van der Waals surface area contributed by atoms with Crippen molar-refractivity contribution >= 4 is 33.5 Å². The van der Waals surface area contributed by atoms with Crippen LogP contribution in [-0.4, -0.2) is 108 Å². The van der Waals surface area contributed by atoms with E-state index in [9.17, 15) is 4.21 Å². The number of thiophene rings is 1. The molecule has 12 aromatic rings. The van der Waals surface area contributed by atoms with Crippen LogP contribution in [0, 0.1) is 27.7 Å². The van der Waals surface area contributed by atoms with Crippen molar-refractivity contribution in [2.45, 2.75) is 45.9 Å². The Kier molecular flexibility index (Phi) is 18.7. The molecule has 5 aromatic carbocycles. The number of hydrogen-bond acceptors (Lipinski definition) is 19. The van der Waals surface area contributed by atoms with Crippen molar-refractivity contribution in [1.82, 2.24) is 70.3 Å². The lowest BCUT2D eigenvalue weighted by molar-refractivity contribution is 0.580. The van der Waals surface area contributed by atoms with E-state index < -0.39 is 10.8 Å². The van der Waals surface area contributed by atoms with Gasteiger partial charge >= 0.3 is 0 Å². The van der Waals surface area contributed by atoms with Gasteiger partial charge in [0.1, 0.15) is 17.1 Å². The van der Waals surface area contributed by atoms with E-state index in [4.69, 9.17) is 28.2 Å². The molecule has 1 unspecified atom stereocenters. The second-order valence-electron chi connectivity index (χ2n) is 20.4. The molecule has 0 saturated carbocycles. The molecule has 0 spiro atoms. The maximum absolute atomic E-state index is 12.6. The standard InChI is InChI=1S/C24H23N5O.C22H20N4O2S.C21H19N5OS.4H2/c1-15-6-8-20(9-7-15)23-27-28-24(30-23)22-16(2)25-14-21(26-22)19-12-10-18(11-13-19)17(3)29(4)5;1-3-13-29(27)19-12-8-7-11-17(19)18-14-23-15(2)20(24-18)22-26-25-21(28-22)16-9-5-4-6-10-16;1-13-19(21-25-24-20(27-21)17-9-10-28-12-17)23-18(11-22-13)16-7-5-15(6-8-16)14(2)26(3)4;;;;/h6-14H,3H2,1-2,4-5H3;4-12,14H,3,13H2,1-2H3;5-12H,2H2,1,3-4H3;4*1H. The minimum Gasteiger partial charge on any atom is -0.415 e. The Bertz CT molecular complexity index is 4380. The van der Waals surface area contributed by atoms with E-state index in [2.05, 4.69) is 58.7 Å². The number of rotatable bonds is 16. The lowest BCUT2D eigenvalue weighted by Gasteiger charge is -2.16. The highest BCUT2D eigenvalue weighted by molar-refractivity contribution is 7.85. The lowest BCUT2D eigenvalue weighted by atomic mass is 10.1. The molecule has 0 aliphatic heterocycles. The van der Waals surface area contributed by atoms with Crippen LogP contribution in [0.1, 0.15) is 52.8 Å². The molecule has 0 bridgehead atoms. The summed E-state index contributed by atoms with van der Waals surface area (Å²) < 4.78 is 30.2. The molecule has 0 N–H and O–H groups in total. The van der Waals surface area contributed by atoms with Crippen LogP contribution in [0.5, 0.6) is 0 Å². The van der Waals surface area contributed by atoms with E-state index in [1.54, 1.807) is 29.9 Å². The van der Waals surface area contributed by atoms with Gasteiger partial charge in [0.2, 0.25) is 17.7 Å². The molecule has 7 heterocycles.